The van der Waals surface area contributed by atoms with Gasteiger partial charge < -0.3 is 19.6 Å². The van der Waals surface area contributed by atoms with Gasteiger partial charge in [0.2, 0.25) is 5.76 Å². The molecular formula is C9H7BO5. The maximum absolute atomic E-state index is 10.6. The fourth-order valence-electron chi connectivity index (χ4n) is 1.33. The quantitative estimate of drug-likeness (QED) is 0.592. The molecule has 0 aliphatic rings. The Labute approximate surface area is 84.7 Å². The zero-order valence-electron chi connectivity index (χ0n) is 7.54. The maximum Gasteiger partial charge on any atom is 0.488 e. The molecule has 76 valence electrons. The number of benzene rings is 1. The number of hydrogen-bond donors (Lipinski definition) is 3. The van der Waals surface area contributed by atoms with Gasteiger partial charge in [0.15, 0.2) is 0 Å². The van der Waals surface area contributed by atoms with Crippen LogP contribution in [0.1, 0.15) is 10.6 Å². The van der Waals surface area contributed by atoms with Gasteiger partial charge in [-0.15, -0.1) is 0 Å². The van der Waals surface area contributed by atoms with Crippen LogP contribution in [0.3, 0.4) is 0 Å². The highest BCUT2D eigenvalue weighted by Crippen LogP contribution is 2.17. The summed E-state index contributed by atoms with van der Waals surface area (Å²) in [4.78, 5) is 10.6. The van der Waals surface area contributed by atoms with E-state index >= 15 is 0 Å². The normalized spacial score (nSPS) is 10.5. The summed E-state index contributed by atoms with van der Waals surface area (Å²) in [7, 11) is -1.57. The van der Waals surface area contributed by atoms with E-state index in [2.05, 4.69) is 0 Å². The van der Waals surface area contributed by atoms with Crippen LogP contribution in [0, 0.1) is 0 Å². The molecule has 5 nitrogen and oxygen atoms in total. The molecule has 2 aromatic rings. The number of aromatic carboxylic acids is 1. The summed E-state index contributed by atoms with van der Waals surface area (Å²) in [6, 6.07) is 5.76. The summed E-state index contributed by atoms with van der Waals surface area (Å²) in [6.07, 6.45) is 0. The predicted molar refractivity (Wildman–Crippen MR) is 53.0 cm³/mol. The number of rotatable bonds is 2. The average molecular weight is 206 g/mol. The van der Waals surface area contributed by atoms with Crippen molar-refractivity contribution in [1.82, 2.24) is 0 Å². The highest BCUT2D eigenvalue weighted by Gasteiger charge is 2.14. The molecule has 0 saturated heterocycles. The van der Waals surface area contributed by atoms with E-state index in [4.69, 9.17) is 19.6 Å². The molecule has 0 atom stereocenters. The van der Waals surface area contributed by atoms with Crippen LogP contribution in [-0.4, -0.2) is 28.2 Å². The second-order valence-electron chi connectivity index (χ2n) is 3.09. The van der Waals surface area contributed by atoms with E-state index in [9.17, 15) is 4.79 Å². The van der Waals surface area contributed by atoms with Crippen molar-refractivity contribution in [2.24, 2.45) is 0 Å². The summed E-state index contributed by atoms with van der Waals surface area (Å²) in [5, 5.41) is 27.0. The lowest BCUT2D eigenvalue weighted by Crippen LogP contribution is -2.29. The Morgan fingerprint density at radius 2 is 2.00 bits per heavy atom. The molecule has 0 radical (unpaired) electrons. The Morgan fingerprint density at radius 1 is 1.27 bits per heavy atom. The molecule has 15 heavy (non-hydrogen) atoms. The largest absolute Gasteiger partial charge is 0.488 e. The predicted octanol–water partition coefficient (Wildman–Crippen LogP) is -0.189. The molecule has 1 aromatic heterocycles. The summed E-state index contributed by atoms with van der Waals surface area (Å²) in [6.45, 7) is 0. The van der Waals surface area contributed by atoms with Gasteiger partial charge in [-0.3, -0.25) is 0 Å². The van der Waals surface area contributed by atoms with Crippen molar-refractivity contribution in [3.8, 4) is 0 Å². The van der Waals surface area contributed by atoms with Crippen LogP contribution >= 0.6 is 0 Å². The molecule has 0 aliphatic heterocycles. The zero-order valence-corrected chi connectivity index (χ0v) is 7.54. The van der Waals surface area contributed by atoms with Crippen LogP contribution in [0.2, 0.25) is 0 Å². The molecule has 0 fully saturated rings. The Morgan fingerprint density at radius 3 is 2.60 bits per heavy atom. The Kier molecular flexibility index (Phi) is 2.22. The number of fused-ring (bicyclic) bond motifs is 1. The van der Waals surface area contributed by atoms with Gasteiger partial charge in [-0.25, -0.2) is 4.79 Å². The number of carbonyl (C=O) groups is 1. The lowest BCUT2D eigenvalue weighted by Gasteiger charge is -1.96. The number of carboxylic acids is 1. The van der Waals surface area contributed by atoms with E-state index in [1.54, 1.807) is 0 Å². The molecule has 3 N–H and O–H groups in total. The van der Waals surface area contributed by atoms with Gasteiger partial charge in [-0.05, 0) is 17.6 Å². The number of furan rings is 1. The molecular weight excluding hydrogens is 199 g/mol. The van der Waals surface area contributed by atoms with E-state index in [0.717, 1.165) is 0 Å². The molecule has 0 aliphatic carbocycles. The van der Waals surface area contributed by atoms with Crippen molar-refractivity contribution in [1.29, 1.82) is 0 Å². The number of hydrogen-bond acceptors (Lipinski definition) is 4. The van der Waals surface area contributed by atoms with E-state index < -0.39 is 13.1 Å². The lowest BCUT2D eigenvalue weighted by atomic mass is 9.80. The summed E-state index contributed by atoms with van der Waals surface area (Å²) >= 11 is 0. The Hall–Kier alpha value is -1.79. The van der Waals surface area contributed by atoms with Crippen LogP contribution in [0.25, 0.3) is 11.0 Å². The smallest absolute Gasteiger partial charge is 0.475 e. The molecule has 1 heterocycles. The zero-order chi connectivity index (χ0) is 11.0. The van der Waals surface area contributed by atoms with Gasteiger partial charge >= 0.3 is 13.1 Å². The summed E-state index contributed by atoms with van der Waals surface area (Å²) in [5.74, 6) is -1.33. The fourth-order valence-corrected chi connectivity index (χ4v) is 1.33. The third-order valence-electron chi connectivity index (χ3n) is 2.05. The van der Waals surface area contributed by atoms with Crippen molar-refractivity contribution in [3.05, 3.63) is 30.0 Å². The summed E-state index contributed by atoms with van der Waals surface area (Å²) < 4.78 is 5.00. The first-order chi connectivity index (χ1) is 7.08. The minimum atomic E-state index is -1.57. The molecule has 0 unspecified atom stereocenters. The molecule has 1 aromatic carbocycles. The highest BCUT2D eigenvalue weighted by molar-refractivity contribution is 6.58. The first-order valence-corrected chi connectivity index (χ1v) is 4.21. The van der Waals surface area contributed by atoms with E-state index in [1.165, 1.54) is 24.3 Å². The first kappa shape index (κ1) is 9.76. The lowest BCUT2D eigenvalue weighted by molar-refractivity contribution is 0.0665. The first-order valence-electron chi connectivity index (χ1n) is 4.21. The van der Waals surface area contributed by atoms with Crippen LogP contribution in [0.15, 0.2) is 28.7 Å². The Balaban J connectivity index is 2.57. The van der Waals surface area contributed by atoms with Crippen molar-refractivity contribution >= 4 is 29.5 Å². The highest BCUT2D eigenvalue weighted by atomic mass is 16.4. The van der Waals surface area contributed by atoms with Crippen molar-refractivity contribution in [3.63, 3.8) is 0 Å². The van der Waals surface area contributed by atoms with Crippen molar-refractivity contribution in [2.45, 2.75) is 0 Å². The van der Waals surface area contributed by atoms with Crippen LogP contribution < -0.4 is 5.46 Å². The summed E-state index contributed by atoms with van der Waals surface area (Å²) in [5.41, 5.74) is 0.692. The third-order valence-corrected chi connectivity index (χ3v) is 2.05. The van der Waals surface area contributed by atoms with Crippen molar-refractivity contribution < 1.29 is 24.4 Å². The van der Waals surface area contributed by atoms with Gasteiger partial charge in [0, 0.05) is 5.39 Å². The third kappa shape index (κ3) is 1.72. The molecule has 2 rings (SSSR count). The number of carboxylic acid groups (broad SMARTS) is 1. The molecule has 6 heteroatoms. The Bertz CT molecular complexity index is 516. The van der Waals surface area contributed by atoms with E-state index in [1.807, 2.05) is 0 Å². The molecule has 0 bridgehead atoms. The molecule has 0 spiro atoms. The van der Waals surface area contributed by atoms with Gasteiger partial charge in [-0.2, -0.15) is 0 Å². The fraction of sp³-hybridized carbons (Fsp3) is 0. The van der Waals surface area contributed by atoms with E-state index in [0.29, 0.717) is 16.4 Å². The van der Waals surface area contributed by atoms with Crippen molar-refractivity contribution in [2.75, 3.05) is 0 Å². The van der Waals surface area contributed by atoms with E-state index in [-0.39, 0.29) is 5.76 Å². The van der Waals surface area contributed by atoms with Crippen LogP contribution in [-0.2, 0) is 0 Å². The monoisotopic (exact) mass is 206 g/mol. The van der Waals surface area contributed by atoms with Gasteiger partial charge in [-0.1, -0.05) is 12.1 Å². The van der Waals surface area contributed by atoms with Crippen LogP contribution in [0.5, 0.6) is 0 Å². The van der Waals surface area contributed by atoms with Gasteiger partial charge in [0.05, 0.1) is 0 Å². The average Bonchev–Trinajstić information content (AvgIpc) is 2.59. The standard InChI is InChI=1S/C9H7BO5/c11-9(12)8-4-5-3-6(10(13)14)1-2-7(5)15-8/h1-4,13-14H,(H,11,12). The minimum absolute atomic E-state index is 0.172. The second kappa shape index (κ2) is 3.41. The molecule has 0 saturated carbocycles. The molecule has 0 amide bonds. The second-order valence-corrected chi connectivity index (χ2v) is 3.09. The van der Waals surface area contributed by atoms with Gasteiger partial charge in [0.1, 0.15) is 5.58 Å². The van der Waals surface area contributed by atoms with Gasteiger partial charge in [0.25, 0.3) is 0 Å². The topological polar surface area (TPSA) is 90.9 Å². The maximum atomic E-state index is 10.6. The SMILES string of the molecule is O=C(O)c1cc2cc(B(O)O)ccc2o1. The minimum Gasteiger partial charge on any atom is -0.475 e. The van der Waals surface area contributed by atoms with Crippen LogP contribution in [0.4, 0.5) is 0 Å².